The first kappa shape index (κ1) is 16.6. The largest absolute Gasteiger partial charge is 0.491 e. The first-order valence-electron chi connectivity index (χ1n) is 8.17. The molecule has 1 saturated heterocycles. The van der Waals surface area contributed by atoms with Gasteiger partial charge in [0.2, 0.25) is 0 Å². The van der Waals surface area contributed by atoms with Gasteiger partial charge in [-0.15, -0.1) is 0 Å². The SMILES string of the molecule is CCCOc1ccccc1NC(=O)OCCN1CCCCC1. The number of carbonyl (C=O) groups excluding carboxylic acids is 1. The Morgan fingerprint density at radius 3 is 2.73 bits per heavy atom. The number of benzene rings is 1. The fraction of sp³-hybridized carbons (Fsp3) is 0.588. The molecule has 1 amide bonds. The Morgan fingerprint density at radius 1 is 1.18 bits per heavy atom. The average Bonchev–Trinajstić information content (AvgIpc) is 2.55. The Bertz CT molecular complexity index is 459. The number of piperidine rings is 1. The molecule has 0 atom stereocenters. The molecule has 0 unspecified atom stereocenters. The molecule has 0 aromatic heterocycles. The summed E-state index contributed by atoms with van der Waals surface area (Å²) < 4.78 is 10.9. The van der Waals surface area contributed by atoms with E-state index in [9.17, 15) is 4.79 Å². The second-order valence-corrected chi connectivity index (χ2v) is 5.51. The molecule has 0 radical (unpaired) electrons. The number of amides is 1. The number of rotatable bonds is 7. The van der Waals surface area contributed by atoms with E-state index >= 15 is 0 Å². The zero-order valence-corrected chi connectivity index (χ0v) is 13.3. The number of nitrogens with zero attached hydrogens (tertiary/aromatic N) is 1. The van der Waals surface area contributed by atoms with Crippen LogP contribution in [0.15, 0.2) is 24.3 Å². The van der Waals surface area contributed by atoms with E-state index in [1.54, 1.807) is 0 Å². The molecule has 5 heteroatoms. The summed E-state index contributed by atoms with van der Waals surface area (Å²) in [5.41, 5.74) is 0.652. The van der Waals surface area contributed by atoms with Gasteiger partial charge in [0.1, 0.15) is 12.4 Å². The van der Waals surface area contributed by atoms with E-state index in [4.69, 9.17) is 9.47 Å². The summed E-state index contributed by atoms with van der Waals surface area (Å²) in [4.78, 5) is 14.2. The van der Waals surface area contributed by atoms with Crippen molar-refractivity contribution in [1.82, 2.24) is 4.90 Å². The summed E-state index contributed by atoms with van der Waals surface area (Å²) in [5.74, 6) is 0.678. The molecule has 0 spiro atoms. The number of anilines is 1. The van der Waals surface area contributed by atoms with E-state index in [-0.39, 0.29) is 0 Å². The number of ether oxygens (including phenoxy) is 2. The van der Waals surface area contributed by atoms with Gasteiger partial charge in [0.15, 0.2) is 0 Å². The quantitative estimate of drug-likeness (QED) is 0.837. The van der Waals surface area contributed by atoms with E-state index in [2.05, 4.69) is 10.2 Å². The van der Waals surface area contributed by atoms with Crippen LogP contribution in [-0.4, -0.2) is 43.8 Å². The smallest absolute Gasteiger partial charge is 0.411 e. The highest BCUT2D eigenvalue weighted by Crippen LogP contribution is 2.23. The third-order valence-corrected chi connectivity index (χ3v) is 3.67. The van der Waals surface area contributed by atoms with Crippen molar-refractivity contribution in [3.05, 3.63) is 24.3 Å². The van der Waals surface area contributed by atoms with Crippen LogP contribution < -0.4 is 10.1 Å². The van der Waals surface area contributed by atoms with E-state index in [1.165, 1.54) is 19.3 Å². The lowest BCUT2D eigenvalue weighted by Gasteiger charge is -2.25. The fourth-order valence-corrected chi connectivity index (χ4v) is 2.50. The maximum atomic E-state index is 11.9. The second-order valence-electron chi connectivity index (χ2n) is 5.51. The lowest BCUT2D eigenvalue weighted by atomic mass is 10.1. The number of para-hydroxylation sites is 2. The third-order valence-electron chi connectivity index (χ3n) is 3.67. The van der Waals surface area contributed by atoms with Crippen molar-refractivity contribution in [1.29, 1.82) is 0 Å². The van der Waals surface area contributed by atoms with Gasteiger partial charge in [0.05, 0.1) is 12.3 Å². The van der Waals surface area contributed by atoms with E-state index < -0.39 is 6.09 Å². The number of carbonyl (C=O) groups is 1. The Kier molecular flexibility index (Phi) is 7.03. The van der Waals surface area contributed by atoms with Crippen LogP contribution in [0.25, 0.3) is 0 Å². The van der Waals surface area contributed by atoms with Crippen LogP contribution in [0.5, 0.6) is 5.75 Å². The monoisotopic (exact) mass is 306 g/mol. The summed E-state index contributed by atoms with van der Waals surface area (Å²) in [5, 5.41) is 2.75. The maximum absolute atomic E-state index is 11.9. The van der Waals surface area contributed by atoms with Gasteiger partial charge in [0.25, 0.3) is 0 Å². The molecular weight excluding hydrogens is 280 g/mol. The first-order valence-corrected chi connectivity index (χ1v) is 8.17. The van der Waals surface area contributed by atoms with Crippen LogP contribution in [0.4, 0.5) is 10.5 Å². The summed E-state index contributed by atoms with van der Waals surface area (Å²) in [6.07, 6.45) is 4.30. The molecule has 1 heterocycles. The molecule has 1 aliphatic rings. The molecule has 1 aromatic rings. The molecular formula is C17H26N2O3. The van der Waals surface area contributed by atoms with Gasteiger partial charge >= 0.3 is 6.09 Å². The molecule has 0 aliphatic carbocycles. The third kappa shape index (κ3) is 5.56. The lowest BCUT2D eigenvalue weighted by Crippen LogP contribution is -2.33. The number of hydrogen-bond acceptors (Lipinski definition) is 4. The molecule has 1 aliphatic heterocycles. The topological polar surface area (TPSA) is 50.8 Å². The number of likely N-dealkylation sites (tertiary alicyclic amines) is 1. The van der Waals surface area contributed by atoms with Crippen LogP contribution in [0.2, 0.25) is 0 Å². The van der Waals surface area contributed by atoms with E-state index in [0.717, 1.165) is 26.1 Å². The molecule has 0 bridgehead atoms. The molecule has 1 N–H and O–H groups in total. The van der Waals surface area contributed by atoms with E-state index in [0.29, 0.717) is 24.7 Å². The van der Waals surface area contributed by atoms with Crippen molar-refractivity contribution in [2.75, 3.05) is 38.2 Å². The van der Waals surface area contributed by atoms with Crippen LogP contribution in [0.3, 0.4) is 0 Å². The highest BCUT2D eigenvalue weighted by molar-refractivity contribution is 5.86. The molecule has 22 heavy (non-hydrogen) atoms. The molecule has 1 aromatic carbocycles. The Morgan fingerprint density at radius 2 is 1.95 bits per heavy atom. The van der Waals surface area contributed by atoms with Crippen molar-refractivity contribution in [3.63, 3.8) is 0 Å². The highest BCUT2D eigenvalue weighted by atomic mass is 16.5. The minimum atomic E-state index is -0.426. The summed E-state index contributed by atoms with van der Waals surface area (Å²) in [6.45, 7) is 6.12. The molecule has 1 fully saturated rings. The normalized spacial score (nSPS) is 15.3. The lowest BCUT2D eigenvalue weighted by molar-refractivity contribution is 0.131. The van der Waals surface area contributed by atoms with Crippen molar-refractivity contribution < 1.29 is 14.3 Å². The van der Waals surface area contributed by atoms with Crippen molar-refractivity contribution >= 4 is 11.8 Å². The summed E-state index contributed by atoms with van der Waals surface area (Å²) >= 11 is 0. The molecule has 0 saturated carbocycles. The zero-order chi connectivity index (χ0) is 15.6. The Hall–Kier alpha value is -1.75. The van der Waals surface area contributed by atoms with Crippen LogP contribution in [-0.2, 0) is 4.74 Å². The molecule has 2 rings (SSSR count). The minimum absolute atomic E-state index is 0.420. The van der Waals surface area contributed by atoms with Crippen LogP contribution in [0.1, 0.15) is 32.6 Å². The predicted octanol–water partition coefficient (Wildman–Crippen LogP) is 3.51. The number of nitrogens with one attached hydrogen (secondary N) is 1. The Balaban J connectivity index is 1.74. The summed E-state index contributed by atoms with van der Waals surface area (Å²) in [7, 11) is 0. The van der Waals surface area contributed by atoms with Gasteiger partial charge in [-0.1, -0.05) is 25.5 Å². The Labute approximate surface area is 132 Å². The fourth-order valence-electron chi connectivity index (χ4n) is 2.50. The van der Waals surface area contributed by atoms with Crippen LogP contribution in [0, 0.1) is 0 Å². The molecule has 122 valence electrons. The highest BCUT2D eigenvalue weighted by Gasteiger charge is 2.12. The number of hydrogen-bond donors (Lipinski definition) is 1. The van der Waals surface area contributed by atoms with Gasteiger partial charge in [-0.25, -0.2) is 4.79 Å². The zero-order valence-electron chi connectivity index (χ0n) is 13.3. The van der Waals surface area contributed by atoms with Crippen molar-refractivity contribution in [3.8, 4) is 5.75 Å². The maximum Gasteiger partial charge on any atom is 0.411 e. The average molecular weight is 306 g/mol. The van der Waals surface area contributed by atoms with Gasteiger partial charge in [0, 0.05) is 6.54 Å². The van der Waals surface area contributed by atoms with Gasteiger partial charge in [-0.3, -0.25) is 10.2 Å². The van der Waals surface area contributed by atoms with Crippen molar-refractivity contribution in [2.45, 2.75) is 32.6 Å². The van der Waals surface area contributed by atoms with Gasteiger partial charge in [-0.2, -0.15) is 0 Å². The van der Waals surface area contributed by atoms with Crippen molar-refractivity contribution in [2.24, 2.45) is 0 Å². The first-order chi connectivity index (χ1) is 10.8. The minimum Gasteiger partial charge on any atom is -0.491 e. The van der Waals surface area contributed by atoms with Gasteiger partial charge < -0.3 is 9.47 Å². The second kappa shape index (κ2) is 9.30. The predicted molar refractivity (Wildman–Crippen MR) is 87.5 cm³/mol. The molecule has 5 nitrogen and oxygen atoms in total. The summed E-state index contributed by atoms with van der Waals surface area (Å²) in [6, 6.07) is 7.41. The van der Waals surface area contributed by atoms with Crippen LogP contribution >= 0.6 is 0 Å². The standard InChI is InChI=1S/C17H26N2O3/c1-2-13-21-16-9-5-4-8-15(16)18-17(20)22-14-12-19-10-6-3-7-11-19/h4-5,8-9H,2-3,6-7,10-14H2,1H3,(H,18,20). The van der Waals surface area contributed by atoms with E-state index in [1.807, 2.05) is 31.2 Å². The van der Waals surface area contributed by atoms with Gasteiger partial charge in [-0.05, 0) is 44.5 Å².